The van der Waals surface area contributed by atoms with Gasteiger partial charge in [-0.25, -0.2) is 9.37 Å². The van der Waals surface area contributed by atoms with Crippen LogP contribution in [0.3, 0.4) is 0 Å². The second-order valence-corrected chi connectivity index (χ2v) is 6.79. The summed E-state index contributed by atoms with van der Waals surface area (Å²) < 4.78 is 19.8. The number of aromatic nitrogens is 1. The number of thiazole rings is 1. The minimum Gasteiger partial charge on any atom is -0.483 e. The highest BCUT2D eigenvalue weighted by Gasteiger charge is 2.10. The van der Waals surface area contributed by atoms with Crippen LogP contribution in [0.1, 0.15) is 5.56 Å². The van der Waals surface area contributed by atoms with Gasteiger partial charge in [-0.1, -0.05) is 17.4 Å². The Morgan fingerprint density at radius 2 is 2.17 bits per heavy atom. The molecule has 0 unspecified atom stereocenters. The lowest BCUT2D eigenvalue weighted by Gasteiger charge is -2.07. The molecule has 0 aliphatic heterocycles. The number of ether oxygens (including phenoxy) is 1. The molecule has 3 aromatic rings. The van der Waals surface area contributed by atoms with Crippen molar-refractivity contribution < 1.29 is 13.9 Å². The normalized spacial score (nSPS) is 10.7. The number of carbonyl (C=O) groups excluding carboxylic acids is 1. The molecular weight excluding hydrogens is 383 g/mol. The van der Waals surface area contributed by atoms with Gasteiger partial charge in [-0.15, -0.1) is 0 Å². The van der Waals surface area contributed by atoms with Crippen molar-refractivity contribution in [3.05, 3.63) is 52.3 Å². The summed E-state index contributed by atoms with van der Waals surface area (Å²) in [5.74, 6) is -0.295. The van der Waals surface area contributed by atoms with Crippen molar-refractivity contribution in [2.75, 3.05) is 11.9 Å². The van der Waals surface area contributed by atoms with E-state index in [-0.39, 0.29) is 18.3 Å². The smallest absolute Gasteiger partial charge is 0.264 e. The fourth-order valence-electron chi connectivity index (χ4n) is 1.98. The number of nitrogens with one attached hydrogen (secondary N) is 1. The van der Waals surface area contributed by atoms with Crippen LogP contribution in [0.2, 0.25) is 0 Å². The molecule has 4 nitrogen and oxygen atoms in total. The van der Waals surface area contributed by atoms with Gasteiger partial charge in [0.2, 0.25) is 0 Å². The predicted molar refractivity (Wildman–Crippen MR) is 92.6 cm³/mol. The van der Waals surface area contributed by atoms with Crippen molar-refractivity contribution in [2.24, 2.45) is 0 Å². The minimum atomic E-state index is -0.376. The zero-order chi connectivity index (χ0) is 16.4. The number of carbonyl (C=O) groups is 1. The molecule has 0 aliphatic carbocycles. The van der Waals surface area contributed by atoms with Gasteiger partial charge in [0.05, 0.1) is 14.7 Å². The number of anilines is 1. The summed E-state index contributed by atoms with van der Waals surface area (Å²) in [5.41, 5.74) is 1.99. The first-order chi connectivity index (χ1) is 11.0. The van der Waals surface area contributed by atoms with Crippen molar-refractivity contribution in [3.8, 4) is 5.75 Å². The first kappa shape index (κ1) is 15.9. The zero-order valence-corrected chi connectivity index (χ0v) is 14.5. The highest BCUT2D eigenvalue weighted by molar-refractivity contribution is 9.10. The maximum absolute atomic E-state index is 13.0. The summed E-state index contributed by atoms with van der Waals surface area (Å²) >= 11 is 4.60. The van der Waals surface area contributed by atoms with Crippen LogP contribution in [0.4, 0.5) is 9.52 Å². The Bertz CT molecular complexity index is 882. The Hall–Kier alpha value is -1.99. The molecule has 0 saturated heterocycles. The van der Waals surface area contributed by atoms with E-state index in [9.17, 15) is 9.18 Å². The van der Waals surface area contributed by atoms with E-state index in [1.165, 1.54) is 29.5 Å². The zero-order valence-electron chi connectivity index (χ0n) is 12.1. The standard InChI is InChI=1S/C16H12BrFN2O2S/c1-9-2-4-12-14(6-9)23-16(19-12)20-15(21)8-22-13-5-3-10(18)7-11(13)17/h2-7H,8H2,1H3,(H,19,20,21). The third-order valence-corrected chi connectivity index (χ3v) is 4.60. The molecule has 0 bridgehead atoms. The fraction of sp³-hybridized carbons (Fsp3) is 0.125. The van der Waals surface area contributed by atoms with Crippen LogP contribution in [0.25, 0.3) is 10.2 Å². The average molecular weight is 395 g/mol. The fourth-order valence-corrected chi connectivity index (χ4v) is 3.42. The molecule has 118 valence electrons. The molecule has 3 rings (SSSR count). The van der Waals surface area contributed by atoms with Gasteiger partial charge < -0.3 is 4.74 Å². The Morgan fingerprint density at radius 1 is 1.35 bits per heavy atom. The third-order valence-electron chi connectivity index (χ3n) is 3.04. The van der Waals surface area contributed by atoms with Gasteiger partial charge in [-0.2, -0.15) is 0 Å². The number of hydrogen-bond acceptors (Lipinski definition) is 4. The van der Waals surface area contributed by atoms with Gasteiger partial charge in [0.25, 0.3) is 5.91 Å². The van der Waals surface area contributed by atoms with Crippen LogP contribution in [0, 0.1) is 12.7 Å². The van der Waals surface area contributed by atoms with Gasteiger partial charge in [0.1, 0.15) is 11.6 Å². The third kappa shape index (κ3) is 3.86. The van der Waals surface area contributed by atoms with Crippen molar-refractivity contribution in [3.63, 3.8) is 0 Å². The van der Waals surface area contributed by atoms with Crippen LogP contribution >= 0.6 is 27.3 Å². The maximum atomic E-state index is 13.0. The van der Waals surface area contributed by atoms with Gasteiger partial charge in [0, 0.05) is 0 Å². The molecule has 1 heterocycles. The lowest BCUT2D eigenvalue weighted by atomic mass is 10.2. The van der Waals surface area contributed by atoms with E-state index in [1.807, 2.05) is 25.1 Å². The number of rotatable bonds is 4. The van der Waals surface area contributed by atoms with E-state index < -0.39 is 0 Å². The second-order valence-electron chi connectivity index (χ2n) is 4.90. The van der Waals surface area contributed by atoms with E-state index >= 15 is 0 Å². The van der Waals surface area contributed by atoms with Crippen LogP contribution in [0.5, 0.6) is 5.75 Å². The number of aryl methyl sites for hydroxylation is 1. The van der Waals surface area contributed by atoms with Gasteiger partial charge in [-0.05, 0) is 58.7 Å². The van der Waals surface area contributed by atoms with E-state index in [0.717, 1.165) is 15.8 Å². The number of halogens is 2. The monoisotopic (exact) mass is 394 g/mol. The highest BCUT2D eigenvalue weighted by atomic mass is 79.9. The summed E-state index contributed by atoms with van der Waals surface area (Å²) in [6.07, 6.45) is 0. The Labute approximate surface area is 144 Å². The van der Waals surface area contributed by atoms with E-state index in [2.05, 4.69) is 26.2 Å². The number of hydrogen-bond donors (Lipinski definition) is 1. The molecule has 0 saturated carbocycles. The minimum absolute atomic E-state index is 0.181. The number of nitrogens with zero attached hydrogens (tertiary/aromatic N) is 1. The summed E-state index contributed by atoms with van der Waals surface area (Å²) in [5, 5.41) is 3.23. The summed E-state index contributed by atoms with van der Waals surface area (Å²) in [7, 11) is 0. The molecule has 1 N–H and O–H groups in total. The molecule has 0 fully saturated rings. The number of amides is 1. The quantitative estimate of drug-likeness (QED) is 0.707. The lowest BCUT2D eigenvalue weighted by molar-refractivity contribution is -0.118. The maximum Gasteiger partial charge on any atom is 0.264 e. The molecule has 1 amide bonds. The van der Waals surface area contributed by atoms with Gasteiger partial charge in [0.15, 0.2) is 11.7 Å². The summed E-state index contributed by atoms with van der Waals surface area (Å²) in [4.78, 5) is 16.3. The Kier molecular flexibility index (Phi) is 4.58. The first-order valence-electron chi connectivity index (χ1n) is 6.76. The number of fused-ring (bicyclic) bond motifs is 1. The lowest BCUT2D eigenvalue weighted by Crippen LogP contribution is -2.20. The molecule has 2 aromatic carbocycles. The highest BCUT2D eigenvalue weighted by Crippen LogP contribution is 2.27. The van der Waals surface area contributed by atoms with Gasteiger partial charge >= 0.3 is 0 Å². The van der Waals surface area contributed by atoms with E-state index in [0.29, 0.717) is 15.4 Å². The van der Waals surface area contributed by atoms with Crippen LogP contribution in [-0.4, -0.2) is 17.5 Å². The molecule has 0 atom stereocenters. The molecule has 7 heteroatoms. The van der Waals surface area contributed by atoms with E-state index in [4.69, 9.17) is 4.74 Å². The summed E-state index contributed by atoms with van der Waals surface area (Å²) in [6.45, 7) is 1.82. The second kappa shape index (κ2) is 6.64. The summed E-state index contributed by atoms with van der Waals surface area (Å²) in [6, 6.07) is 9.94. The van der Waals surface area contributed by atoms with Crippen molar-refractivity contribution in [1.82, 2.24) is 4.98 Å². The predicted octanol–water partition coefficient (Wildman–Crippen LogP) is 4.52. The van der Waals surface area contributed by atoms with Crippen LogP contribution in [-0.2, 0) is 4.79 Å². The SMILES string of the molecule is Cc1ccc2nc(NC(=O)COc3ccc(F)cc3Br)sc2c1. The largest absolute Gasteiger partial charge is 0.483 e. The molecule has 1 aromatic heterocycles. The van der Waals surface area contributed by atoms with Crippen molar-refractivity contribution >= 4 is 48.5 Å². The van der Waals surface area contributed by atoms with Gasteiger partial charge in [-0.3, -0.25) is 10.1 Å². The first-order valence-corrected chi connectivity index (χ1v) is 8.37. The average Bonchev–Trinajstić information content (AvgIpc) is 2.87. The van der Waals surface area contributed by atoms with E-state index in [1.54, 1.807) is 0 Å². The van der Waals surface area contributed by atoms with Crippen molar-refractivity contribution in [1.29, 1.82) is 0 Å². The molecule has 23 heavy (non-hydrogen) atoms. The molecule has 0 spiro atoms. The van der Waals surface area contributed by atoms with Crippen molar-refractivity contribution in [2.45, 2.75) is 6.92 Å². The topological polar surface area (TPSA) is 51.2 Å². The Balaban J connectivity index is 1.64. The molecule has 0 radical (unpaired) electrons. The molecule has 0 aliphatic rings. The van der Waals surface area contributed by atoms with Crippen LogP contribution in [0.15, 0.2) is 40.9 Å². The Morgan fingerprint density at radius 3 is 2.96 bits per heavy atom. The van der Waals surface area contributed by atoms with Crippen LogP contribution < -0.4 is 10.1 Å². The number of benzene rings is 2. The molecular formula is C16H12BrFN2O2S.